The molecule has 2 rings (SSSR count). The molecular weight excluding hydrogens is 332 g/mol. The van der Waals surface area contributed by atoms with Gasteiger partial charge in [0.1, 0.15) is 16.5 Å². The molecule has 7 nitrogen and oxygen atoms in total. The molecule has 2 aromatic rings. The molecule has 8 heteroatoms. The van der Waals surface area contributed by atoms with Crippen molar-refractivity contribution in [3.8, 4) is 16.3 Å². The average Bonchev–Trinajstić information content (AvgIpc) is 3.03. The standard InChI is InChI=1S/C16H18N2O5S/c1-3-23-11-6-4-10(5-7-11)14-18-12(8-24-14)13(19)17-9-16(2,22)15(20)21/h4-8,22H,3,9H2,1-2H3,(H,17,19)(H,20,21). The molecule has 24 heavy (non-hydrogen) atoms. The fourth-order valence-corrected chi connectivity index (χ4v) is 2.60. The van der Waals surface area contributed by atoms with E-state index >= 15 is 0 Å². The van der Waals surface area contributed by atoms with E-state index < -0.39 is 24.0 Å². The topological polar surface area (TPSA) is 109 Å². The Hall–Kier alpha value is -2.45. The number of carboxylic acid groups (broad SMARTS) is 1. The minimum Gasteiger partial charge on any atom is -0.494 e. The number of rotatable bonds is 7. The highest BCUT2D eigenvalue weighted by Gasteiger charge is 2.30. The molecule has 0 saturated carbocycles. The maximum Gasteiger partial charge on any atom is 0.337 e. The number of nitrogens with one attached hydrogen (secondary N) is 1. The molecule has 0 saturated heterocycles. The summed E-state index contributed by atoms with van der Waals surface area (Å²) < 4.78 is 5.37. The number of carbonyl (C=O) groups is 2. The summed E-state index contributed by atoms with van der Waals surface area (Å²) in [6, 6.07) is 7.34. The van der Waals surface area contributed by atoms with Gasteiger partial charge in [0.2, 0.25) is 0 Å². The van der Waals surface area contributed by atoms with Crippen molar-refractivity contribution in [3.05, 3.63) is 35.3 Å². The van der Waals surface area contributed by atoms with Crippen molar-refractivity contribution in [3.63, 3.8) is 0 Å². The van der Waals surface area contributed by atoms with E-state index in [1.807, 2.05) is 31.2 Å². The fraction of sp³-hybridized carbons (Fsp3) is 0.312. The summed E-state index contributed by atoms with van der Waals surface area (Å²) in [5, 5.41) is 23.0. The lowest BCUT2D eigenvalue weighted by molar-refractivity contribution is -0.155. The molecule has 1 amide bonds. The Morgan fingerprint density at radius 1 is 1.33 bits per heavy atom. The third-order valence-corrected chi connectivity index (χ3v) is 4.09. The van der Waals surface area contributed by atoms with E-state index in [0.717, 1.165) is 18.2 Å². The predicted octanol–water partition coefficient (Wildman–Crippen LogP) is 1.77. The Balaban J connectivity index is 2.04. The number of nitrogens with zero attached hydrogens (tertiary/aromatic N) is 1. The van der Waals surface area contributed by atoms with Crippen molar-refractivity contribution in [2.24, 2.45) is 0 Å². The monoisotopic (exact) mass is 350 g/mol. The molecule has 3 N–H and O–H groups in total. The zero-order valence-electron chi connectivity index (χ0n) is 13.3. The molecule has 1 unspecified atom stereocenters. The Morgan fingerprint density at radius 2 is 2.00 bits per heavy atom. The molecule has 1 atom stereocenters. The lowest BCUT2D eigenvalue weighted by Crippen LogP contribution is -2.46. The van der Waals surface area contributed by atoms with Gasteiger partial charge in [0.05, 0.1) is 13.2 Å². The molecule has 0 aliphatic carbocycles. The third kappa shape index (κ3) is 4.30. The number of thiazole rings is 1. The first-order chi connectivity index (χ1) is 11.3. The second kappa shape index (κ2) is 7.41. The van der Waals surface area contributed by atoms with Crippen molar-refractivity contribution < 1.29 is 24.5 Å². The maximum absolute atomic E-state index is 12.0. The van der Waals surface area contributed by atoms with Gasteiger partial charge < -0.3 is 20.3 Å². The van der Waals surface area contributed by atoms with E-state index in [1.165, 1.54) is 11.3 Å². The SMILES string of the molecule is CCOc1ccc(-c2nc(C(=O)NCC(C)(O)C(=O)O)cs2)cc1. The van der Waals surface area contributed by atoms with Gasteiger partial charge in [0.15, 0.2) is 5.60 Å². The summed E-state index contributed by atoms with van der Waals surface area (Å²) >= 11 is 1.30. The van der Waals surface area contributed by atoms with Crippen molar-refractivity contribution >= 4 is 23.2 Å². The number of aromatic nitrogens is 1. The van der Waals surface area contributed by atoms with Gasteiger partial charge in [-0.15, -0.1) is 11.3 Å². The number of carbonyl (C=O) groups excluding carboxylic acids is 1. The van der Waals surface area contributed by atoms with Gasteiger partial charge in [-0.1, -0.05) is 0 Å². The van der Waals surface area contributed by atoms with E-state index in [9.17, 15) is 14.7 Å². The largest absolute Gasteiger partial charge is 0.494 e. The fourth-order valence-electron chi connectivity index (χ4n) is 1.79. The highest BCUT2D eigenvalue weighted by molar-refractivity contribution is 7.13. The van der Waals surface area contributed by atoms with Crippen LogP contribution in [0.5, 0.6) is 5.75 Å². The lowest BCUT2D eigenvalue weighted by Gasteiger charge is -2.17. The van der Waals surface area contributed by atoms with Crippen LogP contribution in [0.3, 0.4) is 0 Å². The second-order valence-electron chi connectivity index (χ2n) is 5.26. The van der Waals surface area contributed by atoms with Gasteiger partial charge in [0.25, 0.3) is 5.91 Å². The van der Waals surface area contributed by atoms with Crippen LogP contribution >= 0.6 is 11.3 Å². The van der Waals surface area contributed by atoms with Crippen molar-refractivity contribution in [2.75, 3.05) is 13.2 Å². The average molecular weight is 350 g/mol. The van der Waals surface area contributed by atoms with Gasteiger partial charge in [-0.2, -0.15) is 0 Å². The van der Waals surface area contributed by atoms with E-state index in [0.29, 0.717) is 11.6 Å². The smallest absolute Gasteiger partial charge is 0.337 e. The highest BCUT2D eigenvalue weighted by Crippen LogP contribution is 2.25. The Bertz CT molecular complexity index is 724. The number of carboxylic acids is 1. The Morgan fingerprint density at radius 3 is 2.58 bits per heavy atom. The number of amides is 1. The van der Waals surface area contributed by atoms with Crippen molar-refractivity contribution in [1.29, 1.82) is 0 Å². The first-order valence-corrected chi connectivity index (χ1v) is 8.14. The van der Waals surface area contributed by atoms with Crippen molar-refractivity contribution in [1.82, 2.24) is 10.3 Å². The number of aliphatic carboxylic acids is 1. The van der Waals surface area contributed by atoms with Gasteiger partial charge in [-0.25, -0.2) is 9.78 Å². The molecule has 128 valence electrons. The zero-order chi connectivity index (χ0) is 17.7. The number of aliphatic hydroxyl groups is 1. The minimum atomic E-state index is -2.02. The van der Waals surface area contributed by atoms with E-state index in [4.69, 9.17) is 9.84 Å². The minimum absolute atomic E-state index is 0.171. The molecule has 0 radical (unpaired) electrons. The summed E-state index contributed by atoms with van der Waals surface area (Å²) in [7, 11) is 0. The van der Waals surface area contributed by atoms with E-state index in [1.54, 1.807) is 5.38 Å². The lowest BCUT2D eigenvalue weighted by atomic mass is 10.1. The molecule has 0 aliphatic heterocycles. The highest BCUT2D eigenvalue weighted by atomic mass is 32.1. The maximum atomic E-state index is 12.0. The van der Waals surface area contributed by atoms with Crippen molar-refractivity contribution in [2.45, 2.75) is 19.4 Å². The van der Waals surface area contributed by atoms with Crippen LogP contribution in [0.4, 0.5) is 0 Å². The molecule has 0 fully saturated rings. The van der Waals surface area contributed by atoms with E-state index in [2.05, 4.69) is 10.3 Å². The van der Waals surface area contributed by atoms with Crippen LogP contribution in [0.15, 0.2) is 29.6 Å². The zero-order valence-corrected chi connectivity index (χ0v) is 14.1. The Kier molecular flexibility index (Phi) is 5.53. The van der Waals surface area contributed by atoms with Crippen LogP contribution in [0.1, 0.15) is 24.3 Å². The van der Waals surface area contributed by atoms with Crippen LogP contribution in [0.2, 0.25) is 0 Å². The van der Waals surface area contributed by atoms with Crippen LogP contribution in [0, 0.1) is 0 Å². The van der Waals surface area contributed by atoms with Crippen LogP contribution in [-0.2, 0) is 4.79 Å². The first kappa shape index (κ1) is 17.9. The molecule has 0 spiro atoms. The first-order valence-electron chi connectivity index (χ1n) is 7.26. The molecule has 1 heterocycles. The summed E-state index contributed by atoms with van der Waals surface area (Å²) in [5.41, 5.74) is -1.01. The quantitative estimate of drug-likeness (QED) is 0.702. The molecule has 0 aliphatic rings. The van der Waals surface area contributed by atoms with Crippen LogP contribution < -0.4 is 10.1 Å². The van der Waals surface area contributed by atoms with Gasteiger partial charge >= 0.3 is 5.97 Å². The van der Waals surface area contributed by atoms with Gasteiger partial charge in [-0.05, 0) is 38.1 Å². The summed E-state index contributed by atoms with van der Waals surface area (Å²) in [6.45, 7) is 3.20. The number of benzene rings is 1. The van der Waals surface area contributed by atoms with Crippen LogP contribution in [0.25, 0.3) is 10.6 Å². The third-order valence-electron chi connectivity index (χ3n) is 3.20. The summed E-state index contributed by atoms with van der Waals surface area (Å²) in [5.74, 6) is -1.19. The number of hydrogen-bond donors (Lipinski definition) is 3. The summed E-state index contributed by atoms with van der Waals surface area (Å²) in [4.78, 5) is 27.1. The molecule has 0 bridgehead atoms. The summed E-state index contributed by atoms with van der Waals surface area (Å²) in [6.07, 6.45) is 0. The van der Waals surface area contributed by atoms with Gasteiger partial charge in [0, 0.05) is 10.9 Å². The Labute approximate surface area is 142 Å². The number of hydrogen-bond acceptors (Lipinski definition) is 6. The molecule has 1 aromatic heterocycles. The normalized spacial score (nSPS) is 13.1. The predicted molar refractivity (Wildman–Crippen MR) is 89.3 cm³/mol. The number of ether oxygens (including phenoxy) is 1. The second-order valence-corrected chi connectivity index (χ2v) is 6.12. The van der Waals surface area contributed by atoms with E-state index in [-0.39, 0.29) is 5.69 Å². The molecule has 1 aromatic carbocycles. The van der Waals surface area contributed by atoms with Gasteiger partial charge in [-0.3, -0.25) is 4.79 Å². The van der Waals surface area contributed by atoms with Crippen LogP contribution in [-0.4, -0.2) is 45.8 Å². The molecular formula is C16H18N2O5S.